The van der Waals surface area contributed by atoms with Crippen LogP contribution in [0.3, 0.4) is 0 Å². The number of nitrogens with zero attached hydrogens (tertiary/aromatic N) is 5. The first-order chi connectivity index (χ1) is 20.0. The number of ether oxygens (including phenoxy) is 1. The van der Waals surface area contributed by atoms with Gasteiger partial charge in [0.05, 0.1) is 28.4 Å². The zero-order valence-electron chi connectivity index (χ0n) is 23.8. The number of carboxylic acids is 1. The number of carbonyl (C=O) groups is 1. The molecule has 0 amide bonds. The van der Waals surface area contributed by atoms with E-state index in [1.807, 2.05) is 63.7 Å². The lowest BCUT2D eigenvalue weighted by Crippen LogP contribution is -2.23. The summed E-state index contributed by atoms with van der Waals surface area (Å²) in [6.45, 7) is 7.83. The Morgan fingerprint density at radius 1 is 1.12 bits per heavy atom. The van der Waals surface area contributed by atoms with E-state index in [0.717, 1.165) is 59.6 Å². The van der Waals surface area contributed by atoms with Crippen LogP contribution in [0.5, 0.6) is 5.75 Å². The van der Waals surface area contributed by atoms with Crippen LogP contribution in [0.2, 0.25) is 5.02 Å². The molecule has 6 aromatic rings. The summed E-state index contributed by atoms with van der Waals surface area (Å²) in [5, 5.41) is 16.8. The first kappa shape index (κ1) is 27.8. The Kier molecular flexibility index (Phi) is 6.95. The minimum atomic E-state index is -0.908. The lowest BCUT2D eigenvalue weighted by atomic mass is 9.92. The fraction of sp³-hybridized carbons (Fsp3) is 0.219. The van der Waals surface area contributed by atoms with Crippen molar-refractivity contribution in [2.24, 2.45) is 7.05 Å². The molecule has 0 aliphatic carbocycles. The maximum Gasteiger partial charge on any atom is 0.307 e. The minimum absolute atomic E-state index is 0.134. The van der Waals surface area contributed by atoms with Gasteiger partial charge in [0.2, 0.25) is 0 Å². The lowest BCUT2D eigenvalue weighted by Gasteiger charge is -2.24. The van der Waals surface area contributed by atoms with Crippen LogP contribution < -0.4 is 4.74 Å². The van der Waals surface area contributed by atoms with Crippen LogP contribution in [-0.4, -0.2) is 41.4 Å². The second kappa shape index (κ2) is 10.5. The number of benzene rings is 3. The summed E-state index contributed by atoms with van der Waals surface area (Å²) in [5.74, 6) is -0.317. The van der Waals surface area contributed by atoms with E-state index in [2.05, 4.69) is 16.0 Å². The van der Waals surface area contributed by atoms with Crippen LogP contribution in [0.1, 0.15) is 31.9 Å². The van der Waals surface area contributed by atoms with Crippen molar-refractivity contribution in [1.29, 1.82) is 0 Å². The summed E-state index contributed by atoms with van der Waals surface area (Å²) < 4.78 is 9.06. The first-order valence-electron chi connectivity index (χ1n) is 13.4. The molecule has 0 saturated carbocycles. The molecule has 0 aliphatic rings. The molecule has 1 N–H and O–H groups in total. The summed E-state index contributed by atoms with van der Waals surface area (Å²) in [6.07, 6.45) is 4.86. The van der Waals surface area contributed by atoms with E-state index in [-0.39, 0.29) is 6.42 Å². The summed E-state index contributed by atoms with van der Waals surface area (Å²) in [5.41, 5.74) is 6.77. The van der Waals surface area contributed by atoms with E-state index < -0.39 is 11.6 Å². The summed E-state index contributed by atoms with van der Waals surface area (Å²) >= 11 is 7.92. The molecule has 3 aromatic heterocycles. The predicted molar refractivity (Wildman–Crippen MR) is 167 cm³/mol. The smallest absolute Gasteiger partial charge is 0.307 e. The third kappa shape index (κ3) is 5.21. The molecule has 212 valence electrons. The number of rotatable bonds is 6. The molecular formula is C32H28ClN5O3S. The number of halogens is 1. The van der Waals surface area contributed by atoms with E-state index in [1.165, 1.54) is 11.3 Å². The standard InChI is InChI=1S/C32H28ClN5O3S/c1-17-12-23-30(28(21(17)15-27(39)40)20-8-7-19(33)14-26(20)41-32(2,3)4)42-31(36-23)18-6-9-25-22(13-18)29(37-38(25)5)24-16-34-10-11-35-24/h6-14,16H,15H2,1-5H3,(H,39,40). The van der Waals surface area contributed by atoms with Crippen LogP contribution in [0, 0.1) is 6.92 Å². The Labute approximate surface area is 251 Å². The van der Waals surface area contributed by atoms with E-state index in [4.69, 9.17) is 26.4 Å². The second-order valence-corrected chi connectivity index (χ2v) is 12.6. The number of thiazole rings is 1. The molecule has 0 bridgehead atoms. The molecule has 3 aromatic carbocycles. The quantitative estimate of drug-likeness (QED) is 0.209. The minimum Gasteiger partial charge on any atom is -0.487 e. The summed E-state index contributed by atoms with van der Waals surface area (Å²) in [6, 6.07) is 13.6. The largest absolute Gasteiger partial charge is 0.487 e. The molecule has 3 heterocycles. The molecule has 6 rings (SSSR count). The van der Waals surface area contributed by atoms with Gasteiger partial charge in [0.25, 0.3) is 0 Å². The van der Waals surface area contributed by atoms with Crippen LogP contribution in [0.4, 0.5) is 0 Å². The van der Waals surface area contributed by atoms with E-state index in [1.54, 1.807) is 30.7 Å². The van der Waals surface area contributed by atoms with Crippen LogP contribution >= 0.6 is 22.9 Å². The molecule has 0 atom stereocenters. The number of fused-ring (bicyclic) bond motifs is 2. The highest BCUT2D eigenvalue weighted by Crippen LogP contribution is 2.45. The van der Waals surface area contributed by atoms with Gasteiger partial charge in [0.1, 0.15) is 27.7 Å². The molecule has 42 heavy (non-hydrogen) atoms. The van der Waals surface area contributed by atoms with Crippen molar-refractivity contribution in [3.63, 3.8) is 0 Å². The molecule has 8 nitrogen and oxygen atoms in total. The van der Waals surface area contributed by atoms with Crippen molar-refractivity contribution in [2.75, 3.05) is 0 Å². The zero-order chi connectivity index (χ0) is 29.8. The van der Waals surface area contributed by atoms with E-state index >= 15 is 0 Å². The Morgan fingerprint density at radius 2 is 1.93 bits per heavy atom. The Balaban J connectivity index is 1.59. The molecule has 0 radical (unpaired) electrons. The Hall–Kier alpha value is -4.34. The van der Waals surface area contributed by atoms with Crippen molar-refractivity contribution in [3.8, 4) is 38.8 Å². The van der Waals surface area contributed by atoms with Gasteiger partial charge >= 0.3 is 5.97 Å². The van der Waals surface area contributed by atoms with Gasteiger partial charge in [-0.25, -0.2) is 4.98 Å². The fourth-order valence-electron chi connectivity index (χ4n) is 5.15. The molecule has 0 unspecified atom stereocenters. The van der Waals surface area contributed by atoms with Crippen molar-refractivity contribution in [3.05, 3.63) is 77.2 Å². The predicted octanol–water partition coefficient (Wildman–Crippen LogP) is 7.74. The molecular weight excluding hydrogens is 570 g/mol. The molecule has 0 aliphatic heterocycles. The maximum atomic E-state index is 12.0. The zero-order valence-corrected chi connectivity index (χ0v) is 25.3. The van der Waals surface area contributed by atoms with E-state index in [9.17, 15) is 9.90 Å². The molecule has 10 heteroatoms. The van der Waals surface area contributed by atoms with Gasteiger partial charge in [-0.05, 0) is 81.3 Å². The SMILES string of the molecule is Cc1cc2nc(-c3ccc4c(c3)c(-c3cnccn3)nn4C)sc2c(-c2ccc(Cl)cc2OC(C)(C)C)c1CC(=O)O. The molecule has 0 saturated heterocycles. The van der Waals surface area contributed by atoms with Crippen molar-refractivity contribution in [1.82, 2.24) is 24.7 Å². The number of carboxylic acid groups (broad SMARTS) is 1. The fourth-order valence-corrected chi connectivity index (χ4v) is 6.44. The van der Waals surface area contributed by atoms with Crippen LogP contribution in [0.15, 0.2) is 61.1 Å². The highest BCUT2D eigenvalue weighted by atomic mass is 35.5. The van der Waals surface area contributed by atoms with Gasteiger partial charge in [0, 0.05) is 46.5 Å². The number of aliphatic carboxylic acids is 1. The average Bonchev–Trinajstić information content (AvgIpc) is 3.49. The number of aromatic nitrogens is 5. The van der Waals surface area contributed by atoms with Gasteiger partial charge in [0.15, 0.2) is 0 Å². The van der Waals surface area contributed by atoms with Gasteiger partial charge in [-0.2, -0.15) is 5.10 Å². The lowest BCUT2D eigenvalue weighted by molar-refractivity contribution is -0.136. The maximum absolute atomic E-state index is 12.0. The summed E-state index contributed by atoms with van der Waals surface area (Å²) in [7, 11) is 1.90. The van der Waals surface area contributed by atoms with Crippen LogP contribution in [0.25, 0.3) is 54.2 Å². The Bertz CT molecular complexity index is 1990. The highest BCUT2D eigenvalue weighted by Gasteiger charge is 2.24. The van der Waals surface area contributed by atoms with Gasteiger partial charge in [-0.15, -0.1) is 11.3 Å². The number of aryl methyl sites for hydroxylation is 2. The summed E-state index contributed by atoms with van der Waals surface area (Å²) in [4.78, 5) is 25.7. The molecule has 0 fully saturated rings. The van der Waals surface area contributed by atoms with E-state index in [0.29, 0.717) is 16.5 Å². The van der Waals surface area contributed by atoms with Gasteiger partial charge in [-0.3, -0.25) is 19.4 Å². The van der Waals surface area contributed by atoms with Gasteiger partial charge in [-0.1, -0.05) is 11.6 Å². The first-order valence-corrected chi connectivity index (χ1v) is 14.6. The normalized spacial score (nSPS) is 11.9. The monoisotopic (exact) mass is 597 g/mol. The van der Waals surface area contributed by atoms with Crippen molar-refractivity contribution >= 4 is 50.0 Å². The van der Waals surface area contributed by atoms with Crippen molar-refractivity contribution in [2.45, 2.75) is 39.7 Å². The third-order valence-electron chi connectivity index (χ3n) is 6.87. The molecule has 0 spiro atoms. The topological polar surface area (TPSA) is 103 Å². The Morgan fingerprint density at radius 3 is 2.64 bits per heavy atom. The third-order valence-corrected chi connectivity index (χ3v) is 8.24. The second-order valence-electron chi connectivity index (χ2n) is 11.1. The van der Waals surface area contributed by atoms with Crippen LogP contribution in [-0.2, 0) is 18.3 Å². The number of hydrogen-bond donors (Lipinski definition) is 1. The number of hydrogen-bond acceptors (Lipinski definition) is 7. The van der Waals surface area contributed by atoms with Crippen molar-refractivity contribution < 1.29 is 14.6 Å². The van der Waals surface area contributed by atoms with Gasteiger partial charge < -0.3 is 9.84 Å². The highest BCUT2D eigenvalue weighted by molar-refractivity contribution is 7.22. The average molecular weight is 598 g/mol.